The summed E-state index contributed by atoms with van der Waals surface area (Å²) in [4.78, 5) is 14.2. The highest BCUT2D eigenvalue weighted by Gasteiger charge is 2.39. The lowest BCUT2D eigenvalue weighted by Crippen LogP contribution is -2.44. The zero-order valence-corrected chi connectivity index (χ0v) is 19.8. The maximum Gasteiger partial charge on any atom is 0.319 e. The minimum atomic E-state index is -0.604. The largest absolute Gasteiger partial charge is 0.392 e. The molecule has 2 fully saturated rings. The van der Waals surface area contributed by atoms with Gasteiger partial charge in [-0.05, 0) is 36.6 Å². The summed E-state index contributed by atoms with van der Waals surface area (Å²) >= 11 is 0. The number of nitrogens with one attached hydrogen (secondary N) is 2. The Hall–Kier alpha value is -2.49. The van der Waals surface area contributed by atoms with Gasteiger partial charge in [-0.2, -0.15) is 0 Å². The van der Waals surface area contributed by atoms with Gasteiger partial charge in [0.25, 0.3) is 0 Å². The molecule has 184 valence electrons. The van der Waals surface area contributed by atoms with Crippen molar-refractivity contribution in [3.05, 3.63) is 65.2 Å². The van der Waals surface area contributed by atoms with E-state index in [0.717, 1.165) is 29.7 Å². The molecule has 4 N–H and O–H groups in total. The molecule has 2 heterocycles. The number of urea groups is 1. The highest BCUT2D eigenvalue weighted by molar-refractivity contribution is 5.89. The van der Waals surface area contributed by atoms with E-state index >= 15 is 0 Å². The van der Waals surface area contributed by atoms with E-state index < -0.39 is 6.29 Å². The fourth-order valence-corrected chi connectivity index (χ4v) is 4.66. The average molecular weight is 470 g/mol. The smallest absolute Gasteiger partial charge is 0.319 e. The van der Waals surface area contributed by atoms with Crippen LogP contribution in [0.2, 0.25) is 0 Å². The predicted octanol–water partition coefficient (Wildman–Crippen LogP) is 3.18. The lowest BCUT2D eigenvalue weighted by molar-refractivity contribution is -0.276. The van der Waals surface area contributed by atoms with Gasteiger partial charge in [-0.25, -0.2) is 4.79 Å². The summed E-state index contributed by atoms with van der Waals surface area (Å²) in [5, 5.41) is 25.0. The number of anilines is 1. The van der Waals surface area contributed by atoms with Gasteiger partial charge in [0.05, 0.1) is 24.9 Å². The van der Waals surface area contributed by atoms with Gasteiger partial charge in [-0.3, -0.25) is 4.90 Å². The van der Waals surface area contributed by atoms with E-state index in [-0.39, 0.29) is 36.9 Å². The van der Waals surface area contributed by atoms with Crippen molar-refractivity contribution >= 4 is 11.7 Å². The monoisotopic (exact) mass is 469 g/mol. The summed E-state index contributed by atoms with van der Waals surface area (Å²) in [6, 6.07) is 15.1. The van der Waals surface area contributed by atoms with Crippen LogP contribution in [0, 0.1) is 5.92 Å². The Labute approximate surface area is 200 Å². The van der Waals surface area contributed by atoms with Gasteiger partial charge in [0.2, 0.25) is 0 Å². The third-order valence-electron chi connectivity index (χ3n) is 6.56. The number of ether oxygens (including phenoxy) is 2. The Bertz CT molecular complexity index is 954. The number of carbonyl (C=O) groups is 1. The third kappa shape index (κ3) is 5.95. The quantitative estimate of drug-likeness (QED) is 0.497. The number of aliphatic hydroxyl groups excluding tert-OH is 2. The first-order valence-corrected chi connectivity index (χ1v) is 12.0. The summed E-state index contributed by atoms with van der Waals surface area (Å²) < 4.78 is 13.0. The van der Waals surface area contributed by atoms with Gasteiger partial charge in [-0.1, -0.05) is 43.3 Å². The molecule has 0 aliphatic carbocycles. The molecule has 0 unspecified atom stereocenters. The van der Waals surface area contributed by atoms with Crippen LogP contribution < -0.4 is 10.6 Å². The molecule has 2 aliphatic heterocycles. The number of hydrogen-bond donors (Lipinski definition) is 4. The van der Waals surface area contributed by atoms with Gasteiger partial charge in [0.15, 0.2) is 6.29 Å². The SMILES string of the molecule is CCNC(=O)Nc1cccc([C@@H]2O[C@H](CN3CC[C@H](O)C3)[C@H](C)[C@H](c3ccc(CO)cc3)O2)c1. The summed E-state index contributed by atoms with van der Waals surface area (Å²) in [5.41, 5.74) is 3.37. The van der Waals surface area contributed by atoms with Crippen molar-refractivity contribution in [1.29, 1.82) is 0 Å². The molecule has 0 spiro atoms. The Morgan fingerprint density at radius 2 is 1.94 bits per heavy atom. The molecule has 4 rings (SSSR count). The van der Waals surface area contributed by atoms with Crippen LogP contribution in [0.25, 0.3) is 0 Å². The molecule has 5 atom stereocenters. The number of likely N-dealkylation sites (tertiary alicyclic amines) is 1. The van der Waals surface area contributed by atoms with Gasteiger partial charge in [0.1, 0.15) is 0 Å². The van der Waals surface area contributed by atoms with Crippen molar-refractivity contribution in [2.24, 2.45) is 5.92 Å². The second-order valence-corrected chi connectivity index (χ2v) is 9.13. The lowest BCUT2D eigenvalue weighted by atomic mass is 9.90. The van der Waals surface area contributed by atoms with Crippen LogP contribution in [0.3, 0.4) is 0 Å². The Morgan fingerprint density at radius 3 is 2.62 bits per heavy atom. The minimum Gasteiger partial charge on any atom is -0.392 e. The van der Waals surface area contributed by atoms with Gasteiger partial charge in [0, 0.05) is 43.3 Å². The van der Waals surface area contributed by atoms with Crippen LogP contribution in [0.5, 0.6) is 0 Å². The first-order chi connectivity index (χ1) is 16.5. The van der Waals surface area contributed by atoms with E-state index in [1.54, 1.807) is 0 Å². The Morgan fingerprint density at radius 1 is 1.15 bits per heavy atom. The topological polar surface area (TPSA) is 103 Å². The predicted molar refractivity (Wildman–Crippen MR) is 129 cm³/mol. The first-order valence-electron chi connectivity index (χ1n) is 12.0. The molecule has 8 nitrogen and oxygen atoms in total. The molecule has 0 saturated carbocycles. The highest BCUT2D eigenvalue weighted by Crippen LogP contribution is 2.42. The van der Waals surface area contributed by atoms with E-state index in [1.807, 2.05) is 55.5 Å². The molecule has 2 aromatic carbocycles. The van der Waals surface area contributed by atoms with Gasteiger partial charge in [-0.15, -0.1) is 0 Å². The molecule has 2 saturated heterocycles. The third-order valence-corrected chi connectivity index (χ3v) is 6.56. The number of rotatable bonds is 7. The van der Waals surface area contributed by atoms with E-state index in [4.69, 9.17) is 9.47 Å². The second kappa shape index (κ2) is 11.3. The van der Waals surface area contributed by atoms with E-state index in [9.17, 15) is 15.0 Å². The van der Waals surface area contributed by atoms with Gasteiger partial charge >= 0.3 is 6.03 Å². The fourth-order valence-electron chi connectivity index (χ4n) is 4.66. The molecule has 2 aliphatic rings. The highest BCUT2D eigenvalue weighted by atomic mass is 16.7. The van der Waals surface area contributed by atoms with Crippen LogP contribution in [-0.4, -0.2) is 59.5 Å². The molecule has 0 bridgehead atoms. The number of benzene rings is 2. The van der Waals surface area contributed by atoms with Crippen LogP contribution in [0.4, 0.5) is 10.5 Å². The number of nitrogens with zero attached hydrogens (tertiary/aromatic N) is 1. The van der Waals surface area contributed by atoms with Crippen molar-refractivity contribution in [1.82, 2.24) is 10.2 Å². The molecule has 0 aromatic heterocycles. The maximum atomic E-state index is 12.0. The number of β-amino-alcohol motifs (C(OH)–C–C–N with tert-alkyl or cyclic N) is 1. The normalized spacial score (nSPS) is 27.5. The molecular formula is C26H35N3O5. The number of carbonyl (C=O) groups excluding carboxylic acids is 1. The zero-order valence-electron chi connectivity index (χ0n) is 19.8. The van der Waals surface area contributed by atoms with Crippen LogP contribution in [0.15, 0.2) is 48.5 Å². The van der Waals surface area contributed by atoms with E-state index in [2.05, 4.69) is 22.5 Å². The minimum absolute atomic E-state index is 0.00158. The van der Waals surface area contributed by atoms with Crippen LogP contribution in [-0.2, 0) is 16.1 Å². The number of aliphatic hydroxyl groups is 2. The maximum absolute atomic E-state index is 12.0. The number of amides is 2. The second-order valence-electron chi connectivity index (χ2n) is 9.13. The van der Waals surface area contributed by atoms with Crippen LogP contribution >= 0.6 is 0 Å². The summed E-state index contributed by atoms with van der Waals surface area (Å²) in [6.07, 6.45) is -0.423. The summed E-state index contributed by atoms with van der Waals surface area (Å²) in [5.74, 6) is 0.0746. The Balaban J connectivity index is 1.57. The molecule has 2 amide bonds. The van der Waals surface area contributed by atoms with Gasteiger partial charge < -0.3 is 30.3 Å². The molecular weight excluding hydrogens is 434 g/mol. The van der Waals surface area contributed by atoms with Crippen molar-refractivity contribution in [3.8, 4) is 0 Å². The van der Waals surface area contributed by atoms with E-state index in [0.29, 0.717) is 25.3 Å². The van der Waals surface area contributed by atoms with Crippen molar-refractivity contribution in [3.63, 3.8) is 0 Å². The fraction of sp³-hybridized carbons (Fsp3) is 0.500. The van der Waals surface area contributed by atoms with Crippen molar-refractivity contribution in [2.45, 2.75) is 51.5 Å². The molecule has 0 radical (unpaired) electrons. The first kappa shape index (κ1) is 24.6. The van der Waals surface area contributed by atoms with Crippen molar-refractivity contribution in [2.75, 3.05) is 31.5 Å². The zero-order chi connectivity index (χ0) is 24.1. The van der Waals surface area contributed by atoms with Crippen LogP contribution in [0.1, 0.15) is 49.4 Å². The van der Waals surface area contributed by atoms with Crippen molar-refractivity contribution < 1.29 is 24.5 Å². The Kier molecular flexibility index (Phi) is 8.18. The van der Waals surface area contributed by atoms with E-state index in [1.165, 1.54) is 0 Å². The lowest BCUT2D eigenvalue weighted by Gasteiger charge is -2.42. The number of hydrogen-bond acceptors (Lipinski definition) is 6. The average Bonchev–Trinajstić information content (AvgIpc) is 3.25. The molecule has 8 heteroatoms. The molecule has 2 aromatic rings. The summed E-state index contributed by atoms with van der Waals surface area (Å²) in [6.45, 7) is 6.75. The standard InChI is InChI=1S/C26H35N3O5/c1-3-27-26(32)28-21-6-4-5-20(13-21)25-33-23(15-29-12-11-22(31)14-29)17(2)24(34-25)19-9-7-18(16-30)8-10-19/h4-10,13,17,22-25,30-31H,3,11-12,14-16H2,1-2H3,(H2,27,28,32)/t17-,22-,23+,24+,25+/m0/s1. The molecule has 34 heavy (non-hydrogen) atoms. The summed E-state index contributed by atoms with van der Waals surface area (Å²) in [7, 11) is 0.